The summed E-state index contributed by atoms with van der Waals surface area (Å²) in [6.45, 7) is 3.10. The van der Waals surface area contributed by atoms with Gasteiger partial charge in [0.2, 0.25) is 0 Å². The number of rotatable bonds is 3. The molecule has 0 aliphatic carbocycles. The number of esters is 1. The van der Waals surface area contributed by atoms with Gasteiger partial charge in [-0.1, -0.05) is 18.2 Å². The first-order valence-electron chi connectivity index (χ1n) is 7.21. The van der Waals surface area contributed by atoms with Crippen LogP contribution in [0.4, 0.5) is 0 Å². The van der Waals surface area contributed by atoms with Crippen molar-refractivity contribution in [2.75, 3.05) is 6.61 Å². The molecule has 3 rings (SSSR count). The minimum Gasteiger partial charge on any atom is -0.466 e. The maximum Gasteiger partial charge on any atom is 0.310 e. The van der Waals surface area contributed by atoms with E-state index in [-0.39, 0.29) is 12.0 Å². The van der Waals surface area contributed by atoms with Gasteiger partial charge < -0.3 is 15.0 Å². The second-order valence-electron chi connectivity index (χ2n) is 5.33. The van der Waals surface area contributed by atoms with E-state index < -0.39 is 0 Å². The lowest BCUT2D eigenvalue weighted by molar-refractivity contribution is -0.142. The summed E-state index contributed by atoms with van der Waals surface area (Å²) in [5.41, 5.74) is 9.63. The van der Waals surface area contributed by atoms with E-state index in [9.17, 15) is 4.79 Å². The predicted octanol–water partition coefficient (Wildman–Crippen LogP) is 2.02. The average molecular weight is 272 g/mol. The Kier molecular flexibility index (Phi) is 3.49. The number of carbonyl (C=O) groups is 1. The molecule has 0 radical (unpaired) electrons. The number of nitrogens with zero attached hydrogens (tertiary/aromatic N) is 1. The molecule has 0 saturated carbocycles. The van der Waals surface area contributed by atoms with Gasteiger partial charge in [-0.05, 0) is 31.4 Å². The number of aromatic nitrogens is 1. The molecule has 0 spiro atoms. The Morgan fingerprint density at radius 3 is 3.05 bits per heavy atom. The van der Waals surface area contributed by atoms with E-state index in [1.807, 2.05) is 19.1 Å². The highest BCUT2D eigenvalue weighted by Crippen LogP contribution is 2.31. The van der Waals surface area contributed by atoms with Gasteiger partial charge in [0.15, 0.2) is 0 Å². The first-order valence-corrected chi connectivity index (χ1v) is 7.21. The van der Waals surface area contributed by atoms with Crippen molar-refractivity contribution in [3.8, 4) is 0 Å². The van der Waals surface area contributed by atoms with Crippen LogP contribution in [0.25, 0.3) is 10.9 Å². The maximum absolute atomic E-state index is 11.8. The monoisotopic (exact) mass is 272 g/mol. The topological polar surface area (TPSA) is 57.2 Å². The summed E-state index contributed by atoms with van der Waals surface area (Å²) in [4.78, 5) is 11.8. The Bertz CT molecular complexity index is 645. The Morgan fingerprint density at radius 2 is 2.25 bits per heavy atom. The van der Waals surface area contributed by atoms with Gasteiger partial charge in [0.25, 0.3) is 0 Å². The zero-order valence-electron chi connectivity index (χ0n) is 11.8. The van der Waals surface area contributed by atoms with Crippen LogP contribution >= 0.6 is 0 Å². The summed E-state index contributed by atoms with van der Waals surface area (Å²) < 4.78 is 7.38. The average Bonchev–Trinajstić information content (AvgIpc) is 2.74. The highest BCUT2D eigenvalue weighted by Gasteiger charge is 2.24. The third-order valence-electron chi connectivity index (χ3n) is 3.99. The van der Waals surface area contributed by atoms with E-state index in [4.69, 9.17) is 10.5 Å². The molecular weight excluding hydrogens is 252 g/mol. The number of fused-ring (bicyclic) bond motifs is 3. The van der Waals surface area contributed by atoms with Crippen molar-refractivity contribution in [3.63, 3.8) is 0 Å². The zero-order chi connectivity index (χ0) is 14.1. The number of benzene rings is 1. The van der Waals surface area contributed by atoms with Crippen LogP contribution in [0.15, 0.2) is 24.3 Å². The normalized spacial score (nSPS) is 18.0. The summed E-state index contributed by atoms with van der Waals surface area (Å²) in [6.07, 6.45) is 2.27. The van der Waals surface area contributed by atoms with Crippen molar-refractivity contribution in [1.82, 2.24) is 4.57 Å². The number of hydrogen-bond donors (Lipinski definition) is 1. The highest BCUT2D eigenvalue weighted by molar-refractivity contribution is 5.89. The first kappa shape index (κ1) is 13.2. The molecule has 0 bridgehead atoms. The molecule has 4 nitrogen and oxygen atoms in total. The summed E-state index contributed by atoms with van der Waals surface area (Å²) >= 11 is 0. The summed E-state index contributed by atoms with van der Waals surface area (Å²) in [5.74, 6) is -0.151. The molecule has 1 aromatic carbocycles. The van der Waals surface area contributed by atoms with Crippen LogP contribution in [0, 0.1) is 0 Å². The van der Waals surface area contributed by atoms with Crippen LogP contribution in [-0.2, 0) is 28.9 Å². The van der Waals surface area contributed by atoms with Gasteiger partial charge >= 0.3 is 5.97 Å². The van der Waals surface area contributed by atoms with Crippen molar-refractivity contribution in [1.29, 1.82) is 0 Å². The molecule has 0 unspecified atom stereocenters. The molecule has 20 heavy (non-hydrogen) atoms. The Morgan fingerprint density at radius 1 is 1.45 bits per heavy atom. The van der Waals surface area contributed by atoms with E-state index in [1.165, 1.54) is 11.2 Å². The largest absolute Gasteiger partial charge is 0.466 e. The lowest BCUT2D eigenvalue weighted by atomic mass is 10.0. The van der Waals surface area contributed by atoms with Gasteiger partial charge in [-0.3, -0.25) is 4.79 Å². The van der Waals surface area contributed by atoms with Crippen LogP contribution in [0.3, 0.4) is 0 Å². The van der Waals surface area contributed by atoms with Crippen molar-refractivity contribution in [3.05, 3.63) is 35.5 Å². The third kappa shape index (κ3) is 2.20. The third-order valence-corrected chi connectivity index (χ3v) is 3.99. The SMILES string of the molecule is CCOC(=O)Cc1c2n(c3ccccc13)C[C@@H](N)CC2. The lowest BCUT2D eigenvalue weighted by Crippen LogP contribution is -2.32. The van der Waals surface area contributed by atoms with Crippen molar-refractivity contribution in [2.45, 2.75) is 38.8 Å². The van der Waals surface area contributed by atoms with Gasteiger partial charge in [-0.25, -0.2) is 0 Å². The van der Waals surface area contributed by atoms with Gasteiger partial charge in [-0.15, -0.1) is 0 Å². The van der Waals surface area contributed by atoms with Gasteiger partial charge in [0.05, 0.1) is 13.0 Å². The van der Waals surface area contributed by atoms with Crippen molar-refractivity contribution >= 4 is 16.9 Å². The van der Waals surface area contributed by atoms with Crippen LogP contribution in [0.1, 0.15) is 24.6 Å². The van der Waals surface area contributed by atoms with E-state index in [0.29, 0.717) is 13.0 Å². The van der Waals surface area contributed by atoms with E-state index in [2.05, 4.69) is 16.7 Å². The van der Waals surface area contributed by atoms with Crippen LogP contribution < -0.4 is 5.73 Å². The Balaban J connectivity index is 2.09. The fourth-order valence-corrected chi connectivity index (χ4v) is 3.12. The standard InChI is InChI=1S/C16H20N2O2/c1-2-20-16(19)9-13-12-5-3-4-6-14(12)18-10-11(17)7-8-15(13)18/h3-6,11H,2,7-10,17H2,1H3/t11-/m0/s1. The molecule has 2 N–H and O–H groups in total. The molecule has 1 atom stereocenters. The maximum atomic E-state index is 11.8. The minimum absolute atomic E-state index is 0.151. The van der Waals surface area contributed by atoms with Crippen LogP contribution in [-0.4, -0.2) is 23.2 Å². The molecule has 0 amide bonds. The zero-order valence-corrected chi connectivity index (χ0v) is 11.8. The summed E-state index contributed by atoms with van der Waals surface area (Å²) in [5, 5.41) is 1.16. The quantitative estimate of drug-likeness (QED) is 0.870. The first-order chi connectivity index (χ1) is 9.70. The van der Waals surface area contributed by atoms with Crippen molar-refractivity contribution in [2.24, 2.45) is 5.73 Å². The summed E-state index contributed by atoms with van der Waals surface area (Å²) in [7, 11) is 0. The van der Waals surface area contributed by atoms with E-state index in [1.54, 1.807) is 0 Å². The molecule has 2 heterocycles. The number of para-hydroxylation sites is 1. The lowest BCUT2D eigenvalue weighted by Gasteiger charge is -2.23. The van der Waals surface area contributed by atoms with Gasteiger partial charge in [0.1, 0.15) is 0 Å². The number of hydrogen-bond acceptors (Lipinski definition) is 3. The Labute approximate surface area is 118 Å². The minimum atomic E-state index is -0.151. The molecular formula is C16H20N2O2. The van der Waals surface area contributed by atoms with E-state index >= 15 is 0 Å². The van der Waals surface area contributed by atoms with Crippen molar-refractivity contribution < 1.29 is 9.53 Å². The fraction of sp³-hybridized carbons (Fsp3) is 0.438. The van der Waals surface area contributed by atoms with Crippen LogP contribution in [0.2, 0.25) is 0 Å². The smallest absolute Gasteiger partial charge is 0.310 e. The van der Waals surface area contributed by atoms with Gasteiger partial charge in [0, 0.05) is 29.2 Å². The van der Waals surface area contributed by atoms with Crippen LogP contribution in [0.5, 0.6) is 0 Å². The molecule has 0 fully saturated rings. The second kappa shape index (κ2) is 5.29. The van der Waals surface area contributed by atoms with E-state index in [0.717, 1.165) is 30.3 Å². The number of ether oxygens (including phenoxy) is 1. The number of carbonyl (C=O) groups excluding carboxylic acids is 1. The van der Waals surface area contributed by atoms with Gasteiger partial charge in [-0.2, -0.15) is 0 Å². The molecule has 1 aromatic heterocycles. The number of nitrogens with two attached hydrogens (primary N) is 1. The molecule has 2 aromatic rings. The predicted molar refractivity (Wildman–Crippen MR) is 78.6 cm³/mol. The molecule has 4 heteroatoms. The second-order valence-corrected chi connectivity index (χ2v) is 5.33. The Hall–Kier alpha value is -1.81. The molecule has 1 aliphatic rings. The highest BCUT2D eigenvalue weighted by atomic mass is 16.5. The molecule has 106 valence electrons. The molecule has 0 saturated heterocycles. The summed E-state index contributed by atoms with van der Waals surface area (Å²) in [6, 6.07) is 8.44. The fourth-order valence-electron chi connectivity index (χ4n) is 3.12. The molecule has 1 aliphatic heterocycles.